The van der Waals surface area contributed by atoms with Gasteiger partial charge in [-0.3, -0.25) is 4.84 Å². The van der Waals surface area contributed by atoms with Gasteiger partial charge in [0, 0.05) is 37.3 Å². The summed E-state index contributed by atoms with van der Waals surface area (Å²) in [5.74, 6) is -0.169. The Labute approximate surface area is 186 Å². The second-order valence-electron chi connectivity index (χ2n) is 7.38. The number of benzene rings is 1. The number of imidazole rings is 1. The van der Waals surface area contributed by atoms with Gasteiger partial charge in [0.25, 0.3) is 0 Å². The highest BCUT2D eigenvalue weighted by molar-refractivity contribution is 6.07. The van der Waals surface area contributed by atoms with E-state index in [1.54, 1.807) is 19.4 Å². The summed E-state index contributed by atoms with van der Waals surface area (Å²) in [6.07, 6.45) is 0.680. The van der Waals surface area contributed by atoms with E-state index in [0.29, 0.717) is 10.5 Å². The fourth-order valence-electron chi connectivity index (χ4n) is 3.70. The summed E-state index contributed by atoms with van der Waals surface area (Å²) in [4.78, 5) is 29.2. The molecular weight excluding hydrogens is 428 g/mol. The number of aromatic nitrogens is 5. The van der Waals surface area contributed by atoms with Crippen molar-refractivity contribution in [1.82, 2.24) is 24.2 Å². The predicted molar refractivity (Wildman–Crippen MR) is 120 cm³/mol. The van der Waals surface area contributed by atoms with E-state index in [-0.39, 0.29) is 6.61 Å². The van der Waals surface area contributed by atoms with Crippen LogP contribution in [-0.2, 0) is 18.4 Å². The van der Waals surface area contributed by atoms with Gasteiger partial charge in [-0.05, 0) is 23.3 Å². The lowest BCUT2D eigenvalue weighted by molar-refractivity contribution is 0.0311. The van der Waals surface area contributed by atoms with Crippen LogP contribution in [0.4, 0.5) is 10.6 Å². The Bertz CT molecular complexity index is 1480. The van der Waals surface area contributed by atoms with Crippen molar-refractivity contribution in [3.8, 4) is 23.0 Å². The highest BCUT2D eigenvalue weighted by Crippen LogP contribution is 2.32. The molecular formula is C22H20N6O5. The second-order valence-corrected chi connectivity index (χ2v) is 7.38. The highest BCUT2D eigenvalue weighted by Gasteiger charge is 2.16. The molecule has 0 bridgehead atoms. The molecule has 4 N–H and O–H groups in total. The van der Waals surface area contributed by atoms with Crippen LogP contribution >= 0.6 is 0 Å². The molecule has 0 amide bonds. The van der Waals surface area contributed by atoms with E-state index in [1.807, 2.05) is 35.9 Å². The zero-order chi connectivity index (χ0) is 23.1. The molecule has 0 saturated carbocycles. The number of aryl methyl sites for hydroxylation is 1. The van der Waals surface area contributed by atoms with E-state index in [1.165, 1.54) is 12.1 Å². The van der Waals surface area contributed by atoms with Crippen LogP contribution in [0.1, 0.15) is 5.56 Å². The van der Waals surface area contributed by atoms with Gasteiger partial charge in [0.15, 0.2) is 5.82 Å². The average Bonchev–Trinajstić information content (AvgIpc) is 3.50. The van der Waals surface area contributed by atoms with E-state index < -0.39 is 17.9 Å². The van der Waals surface area contributed by atoms with Crippen LogP contribution in [-0.4, -0.2) is 47.7 Å². The van der Waals surface area contributed by atoms with Crippen LogP contribution in [0.15, 0.2) is 48.8 Å². The number of fused-ring (bicyclic) bond motifs is 3. The highest BCUT2D eigenvalue weighted by atomic mass is 16.8. The largest absolute Gasteiger partial charge is 0.534 e. The molecule has 4 aromatic heterocycles. The van der Waals surface area contributed by atoms with Crippen LogP contribution in [0, 0.1) is 0 Å². The molecule has 168 valence electrons. The zero-order valence-electron chi connectivity index (χ0n) is 17.7. The van der Waals surface area contributed by atoms with Crippen molar-refractivity contribution in [1.29, 1.82) is 0 Å². The topological polar surface area (TPSA) is 139 Å². The molecule has 33 heavy (non-hydrogen) atoms. The number of carbonyl (C=O) groups is 1. The molecule has 0 radical (unpaired) electrons. The van der Waals surface area contributed by atoms with Gasteiger partial charge in [-0.15, -0.1) is 4.73 Å². The van der Waals surface area contributed by atoms with E-state index in [2.05, 4.69) is 20.3 Å². The fourth-order valence-corrected chi connectivity index (χ4v) is 3.70. The lowest BCUT2D eigenvalue weighted by atomic mass is 10.1. The monoisotopic (exact) mass is 448 g/mol. The number of anilines is 1. The summed E-state index contributed by atoms with van der Waals surface area (Å²) in [7, 11) is 3.74. The minimum Gasteiger partial charge on any atom is -0.492 e. The molecule has 0 saturated heterocycles. The summed E-state index contributed by atoms with van der Waals surface area (Å²) in [6.45, 7) is -0.0657. The van der Waals surface area contributed by atoms with E-state index in [4.69, 9.17) is 9.57 Å². The predicted octanol–water partition coefficient (Wildman–Crippen LogP) is 3.14. The van der Waals surface area contributed by atoms with Crippen molar-refractivity contribution >= 4 is 34.0 Å². The number of aromatic amines is 1. The molecule has 11 nitrogen and oxygen atoms in total. The minimum atomic E-state index is -1.07. The van der Waals surface area contributed by atoms with E-state index in [0.717, 1.165) is 38.9 Å². The van der Waals surface area contributed by atoms with Gasteiger partial charge in [0.05, 0.1) is 11.8 Å². The SMILES string of the molecule is CNc1nc2[nH]c(-c3cccc(COC(=O)On4c(O)ccc4O)c3)cc2c2c1ncn2C. The number of H-pyrrole nitrogens is 1. The van der Waals surface area contributed by atoms with Gasteiger partial charge in [0.2, 0.25) is 11.8 Å². The number of aromatic hydroxyl groups is 2. The van der Waals surface area contributed by atoms with Gasteiger partial charge in [-0.2, -0.15) is 0 Å². The van der Waals surface area contributed by atoms with Crippen molar-refractivity contribution in [2.24, 2.45) is 7.05 Å². The molecule has 0 aliphatic carbocycles. The summed E-state index contributed by atoms with van der Waals surface area (Å²) in [6, 6.07) is 11.8. The quantitative estimate of drug-likeness (QED) is 0.301. The van der Waals surface area contributed by atoms with Crippen LogP contribution in [0.2, 0.25) is 0 Å². The van der Waals surface area contributed by atoms with Crippen molar-refractivity contribution in [3.63, 3.8) is 0 Å². The standard InChI is InChI=1S/C22H20N6O5/c1-23-21-18-19(27(2)11-24-18)14-9-15(25-20(14)26-21)13-5-3-4-12(8-13)10-32-22(31)33-28-16(29)6-7-17(28)30/h3-9,11,29-30H,10H2,1-2H3,(H2,23,25,26). The number of pyridine rings is 1. The molecule has 11 heteroatoms. The fraction of sp³-hybridized carbons (Fsp3) is 0.136. The molecule has 5 rings (SSSR count). The maximum absolute atomic E-state index is 11.9. The normalized spacial score (nSPS) is 11.2. The lowest BCUT2D eigenvalue weighted by Gasteiger charge is -2.08. The average molecular weight is 448 g/mol. The van der Waals surface area contributed by atoms with Crippen LogP contribution in [0.25, 0.3) is 33.3 Å². The third-order valence-corrected chi connectivity index (χ3v) is 5.23. The molecule has 0 aliphatic heterocycles. The number of ether oxygens (including phenoxy) is 1. The van der Waals surface area contributed by atoms with Gasteiger partial charge in [-0.1, -0.05) is 18.2 Å². The van der Waals surface area contributed by atoms with E-state index >= 15 is 0 Å². The summed E-state index contributed by atoms with van der Waals surface area (Å²) in [5, 5.41) is 23.1. The maximum Gasteiger partial charge on any atom is 0.534 e. The van der Waals surface area contributed by atoms with Crippen LogP contribution in [0.5, 0.6) is 11.8 Å². The smallest absolute Gasteiger partial charge is 0.492 e. The first-order valence-corrected chi connectivity index (χ1v) is 10.00. The third-order valence-electron chi connectivity index (χ3n) is 5.23. The minimum absolute atomic E-state index is 0.0657. The Morgan fingerprint density at radius 2 is 1.97 bits per heavy atom. The first-order valence-electron chi connectivity index (χ1n) is 10.00. The summed E-state index contributed by atoms with van der Waals surface area (Å²) >= 11 is 0. The molecule has 0 spiro atoms. The Balaban J connectivity index is 1.39. The van der Waals surface area contributed by atoms with Gasteiger partial charge >= 0.3 is 6.16 Å². The molecule has 0 unspecified atom stereocenters. The van der Waals surface area contributed by atoms with Crippen LogP contribution in [0.3, 0.4) is 0 Å². The Morgan fingerprint density at radius 1 is 1.18 bits per heavy atom. The molecule has 0 fully saturated rings. The van der Waals surface area contributed by atoms with Crippen molar-refractivity contribution in [2.45, 2.75) is 6.61 Å². The number of nitrogens with zero attached hydrogens (tertiary/aromatic N) is 4. The first-order chi connectivity index (χ1) is 15.9. The van der Waals surface area contributed by atoms with Crippen molar-refractivity contribution < 1.29 is 24.6 Å². The molecule has 1 aromatic carbocycles. The lowest BCUT2D eigenvalue weighted by Crippen LogP contribution is -2.20. The number of hydrogen-bond acceptors (Lipinski definition) is 8. The Kier molecular flexibility index (Phi) is 4.78. The third kappa shape index (κ3) is 3.55. The number of nitrogens with one attached hydrogen (secondary N) is 2. The zero-order valence-corrected chi connectivity index (χ0v) is 17.7. The molecule has 5 aromatic rings. The maximum atomic E-state index is 11.9. The summed E-state index contributed by atoms with van der Waals surface area (Å²) in [5.41, 5.74) is 4.93. The van der Waals surface area contributed by atoms with Gasteiger partial charge in [0.1, 0.15) is 17.8 Å². The number of carbonyl (C=O) groups excluding carboxylic acids is 1. The molecule has 0 aliphatic rings. The number of hydrogen-bond donors (Lipinski definition) is 4. The van der Waals surface area contributed by atoms with Crippen molar-refractivity contribution in [3.05, 3.63) is 54.4 Å². The second kappa shape index (κ2) is 7.79. The molecule has 0 atom stereocenters. The summed E-state index contributed by atoms with van der Waals surface area (Å²) < 4.78 is 7.62. The van der Waals surface area contributed by atoms with Crippen molar-refractivity contribution in [2.75, 3.05) is 12.4 Å². The van der Waals surface area contributed by atoms with Crippen LogP contribution < -0.4 is 10.2 Å². The van der Waals surface area contributed by atoms with E-state index in [9.17, 15) is 15.0 Å². The Morgan fingerprint density at radius 3 is 2.73 bits per heavy atom. The number of rotatable bonds is 5. The van der Waals surface area contributed by atoms with Gasteiger partial charge < -0.3 is 29.8 Å². The molecule has 4 heterocycles. The Hall–Kier alpha value is -4.67. The first kappa shape index (κ1) is 20.2. The van der Waals surface area contributed by atoms with Gasteiger partial charge in [-0.25, -0.2) is 14.8 Å².